The molecule has 1 N–H and O–H groups in total. The van der Waals surface area contributed by atoms with Crippen LogP contribution in [0.5, 0.6) is 0 Å². The number of alkyl halides is 1. The molecule has 0 spiro atoms. The maximum atomic E-state index is 12.1. The monoisotopic (exact) mass is 326 g/mol. The predicted octanol–water partition coefficient (Wildman–Crippen LogP) is 2.11. The van der Waals surface area contributed by atoms with Crippen LogP contribution in [-0.2, 0) is 10.2 Å². The van der Waals surface area contributed by atoms with E-state index in [2.05, 4.69) is 27.6 Å². The predicted molar refractivity (Wildman–Crippen MR) is 74.5 cm³/mol. The van der Waals surface area contributed by atoms with Gasteiger partial charge in [-0.15, -0.1) is 0 Å². The summed E-state index contributed by atoms with van der Waals surface area (Å²) >= 11 is 3.44. The van der Waals surface area contributed by atoms with Gasteiger partial charge in [-0.2, -0.15) is 17.4 Å². The molecule has 0 saturated carbocycles. The average molecular weight is 327 g/mol. The SMILES string of the molecule is CC(Br)CC(C)NS(=O)(=O)N1CCC(C)CC1. The Morgan fingerprint density at radius 3 is 2.35 bits per heavy atom. The van der Waals surface area contributed by atoms with Crippen LogP contribution in [0, 0.1) is 5.92 Å². The lowest BCUT2D eigenvalue weighted by Gasteiger charge is -2.30. The van der Waals surface area contributed by atoms with Crippen LogP contribution in [0.2, 0.25) is 0 Å². The summed E-state index contributed by atoms with van der Waals surface area (Å²) < 4.78 is 28.5. The molecule has 0 radical (unpaired) electrons. The van der Waals surface area contributed by atoms with Gasteiger partial charge >= 0.3 is 0 Å². The zero-order valence-electron chi connectivity index (χ0n) is 10.8. The van der Waals surface area contributed by atoms with E-state index in [9.17, 15) is 8.42 Å². The third kappa shape index (κ3) is 5.24. The average Bonchev–Trinajstić information content (AvgIpc) is 2.15. The fourth-order valence-corrected chi connectivity index (χ4v) is 4.10. The largest absolute Gasteiger partial charge is 0.279 e. The molecule has 1 fully saturated rings. The molecule has 0 aliphatic carbocycles. The van der Waals surface area contributed by atoms with E-state index in [-0.39, 0.29) is 6.04 Å². The van der Waals surface area contributed by atoms with Crippen LogP contribution in [0.15, 0.2) is 0 Å². The fourth-order valence-electron chi connectivity index (χ4n) is 2.09. The molecule has 2 unspecified atom stereocenters. The van der Waals surface area contributed by atoms with Crippen LogP contribution in [-0.4, -0.2) is 36.7 Å². The number of hydrogen-bond donors (Lipinski definition) is 1. The van der Waals surface area contributed by atoms with E-state index >= 15 is 0 Å². The highest BCUT2D eigenvalue weighted by atomic mass is 79.9. The van der Waals surface area contributed by atoms with Crippen LogP contribution >= 0.6 is 15.9 Å². The van der Waals surface area contributed by atoms with Gasteiger partial charge in [0.15, 0.2) is 0 Å². The molecule has 2 atom stereocenters. The second-order valence-corrected chi connectivity index (χ2v) is 8.39. The maximum absolute atomic E-state index is 12.1. The molecule has 0 amide bonds. The van der Waals surface area contributed by atoms with Crippen LogP contribution in [0.25, 0.3) is 0 Å². The molecule has 0 aromatic rings. The summed E-state index contributed by atoms with van der Waals surface area (Å²) in [5, 5.41) is 0. The Morgan fingerprint density at radius 2 is 1.88 bits per heavy atom. The summed E-state index contributed by atoms with van der Waals surface area (Å²) in [6.45, 7) is 7.39. The van der Waals surface area contributed by atoms with Gasteiger partial charge in [-0.05, 0) is 32.1 Å². The molecular weight excluding hydrogens is 304 g/mol. The quantitative estimate of drug-likeness (QED) is 0.787. The number of nitrogens with one attached hydrogen (secondary N) is 1. The number of hydrogen-bond acceptors (Lipinski definition) is 2. The molecule has 6 heteroatoms. The lowest BCUT2D eigenvalue weighted by Crippen LogP contribution is -2.47. The van der Waals surface area contributed by atoms with Crippen LogP contribution in [0.1, 0.15) is 40.0 Å². The molecule has 1 saturated heterocycles. The molecule has 1 aliphatic heterocycles. The highest BCUT2D eigenvalue weighted by Crippen LogP contribution is 2.18. The second kappa shape index (κ2) is 6.50. The summed E-state index contributed by atoms with van der Waals surface area (Å²) in [6, 6.07) is -0.0336. The minimum Gasteiger partial charge on any atom is -0.199 e. The van der Waals surface area contributed by atoms with Crippen molar-refractivity contribution in [3.05, 3.63) is 0 Å². The molecular formula is C11H23BrN2O2S. The molecule has 4 nitrogen and oxygen atoms in total. The van der Waals surface area contributed by atoms with Gasteiger partial charge in [0.1, 0.15) is 0 Å². The fraction of sp³-hybridized carbons (Fsp3) is 1.00. The molecule has 17 heavy (non-hydrogen) atoms. The molecule has 0 aromatic heterocycles. The summed E-state index contributed by atoms with van der Waals surface area (Å²) in [5.74, 6) is 0.640. The molecule has 1 heterocycles. The normalized spacial score (nSPS) is 23.5. The standard InChI is InChI=1S/C11H23BrN2O2S/c1-9-4-6-14(7-5-9)17(15,16)13-11(3)8-10(2)12/h9-11,13H,4-8H2,1-3H3. The zero-order chi connectivity index (χ0) is 13.1. The molecule has 0 aromatic carbocycles. The van der Waals surface area contributed by atoms with Crippen molar-refractivity contribution in [1.29, 1.82) is 0 Å². The van der Waals surface area contributed by atoms with Crippen LogP contribution in [0.4, 0.5) is 0 Å². The Kier molecular flexibility index (Phi) is 5.89. The Labute approximate surface area is 113 Å². The minimum atomic E-state index is -3.29. The van der Waals surface area contributed by atoms with Crippen molar-refractivity contribution < 1.29 is 8.42 Å². The first-order valence-electron chi connectivity index (χ1n) is 6.22. The smallest absolute Gasteiger partial charge is 0.199 e. The summed E-state index contributed by atoms with van der Waals surface area (Å²) in [5.41, 5.74) is 0. The van der Waals surface area contributed by atoms with Gasteiger partial charge in [0.2, 0.25) is 0 Å². The maximum Gasteiger partial charge on any atom is 0.279 e. The lowest BCUT2D eigenvalue weighted by molar-refractivity contribution is 0.283. The minimum absolute atomic E-state index is 0.0336. The van der Waals surface area contributed by atoms with Crippen molar-refractivity contribution in [3.8, 4) is 0 Å². The van der Waals surface area contributed by atoms with Crippen molar-refractivity contribution in [2.24, 2.45) is 5.92 Å². The summed E-state index contributed by atoms with van der Waals surface area (Å²) in [7, 11) is -3.29. The number of nitrogens with zero attached hydrogens (tertiary/aromatic N) is 1. The van der Waals surface area contributed by atoms with Crippen molar-refractivity contribution in [2.75, 3.05) is 13.1 Å². The number of piperidine rings is 1. The van der Waals surface area contributed by atoms with E-state index in [0.29, 0.717) is 23.8 Å². The third-order valence-corrected chi connectivity index (χ3v) is 5.23. The van der Waals surface area contributed by atoms with Gasteiger partial charge < -0.3 is 0 Å². The zero-order valence-corrected chi connectivity index (χ0v) is 13.2. The van der Waals surface area contributed by atoms with Gasteiger partial charge in [-0.25, -0.2) is 0 Å². The third-order valence-electron chi connectivity index (χ3n) is 3.11. The van der Waals surface area contributed by atoms with Gasteiger partial charge in [-0.1, -0.05) is 29.8 Å². The second-order valence-electron chi connectivity index (χ2n) is 5.12. The Balaban J connectivity index is 2.50. The van der Waals surface area contributed by atoms with Crippen molar-refractivity contribution in [1.82, 2.24) is 9.03 Å². The Morgan fingerprint density at radius 1 is 1.35 bits per heavy atom. The summed E-state index contributed by atoms with van der Waals surface area (Å²) in [6.07, 6.45) is 2.72. The Bertz CT molecular complexity index is 324. The van der Waals surface area contributed by atoms with E-state index in [4.69, 9.17) is 0 Å². The van der Waals surface area contributed by atoms with E-state index in [1.54, 1.807) is 4.31 Å². The van der Waals surface area contributed by atoms with Crippen LogP contribution < -0.4 is 4.72 Å². The van der Waals surface area contributed by atoms with Gasteiger partial charge in [-0.3, -0.25) is 0 Å². The summed E-state index contributed by atoms with van der Waals surface area (Å²) in [4.78, 5) is 0.321. The lowest BCUT2D eigenvalue weighted by atomic mass is 10.0. The van der Waals surface area contributed by atoms with Crippen molar-refractivity contribution in [3.63, 3.8) is 0 Å². The first kappa shape index (κ1) is 15.4. The Hall–Kier alpha value is 0.350. The van der Waals surface area contributed by atoms with Crippen LogP contribution in [0.3, 0.4) is 0 Å². The van der Waals surface area contributed by atoms with E-state index in [1.807, 2.05) is 13.8 Å². The van der Waals surface area contributed by atoms with Gasteiger partial charge in [0, 0.05) is 24.0 Å². The molecule has 0 bridgehead atoms. The number of halogens is 1. The number of rotatable bonds is 5. The molecule has 1 aliphatic rings. The first-order chi connectivity index (χ1) is 7.81. The van der Waals surface area contributed by atoms with E-state index in [1.165, 1.54) is 0 Å². The van der Waals surface area contributed by atoms with Gasteiger partial charge in [0.25, 0.3) is 10.2 Å². The highest BCUT2D eigenvalue weighted by Gasteiger charge is 2.27. The molecule has 102 valence electrons. The highest BCUT2D eigenvalue weighted by molar-refractivity contribution is 9.09. The van der Waals surface area contributed by atoms with E-state index < -0.39 is 10.2 Å². The topological polar surface area (TPSA) is 49.4 Å². The van der Waals surface area contributed by atoms with E-state index in [0.717, 1.165) is 19.3 Å². The van der Waals surface area contributed by atoms with Gasteiger partial charge in [0.05, 0.1) is 0 Å². The van der Waals surface area contributed by atoms with Crippen molar-refractivity contribution in [2.45, 2.75) is 50.9 Å². The van der Waals surface area contributed by atoms with Crippen molar-refractivity contribution >= 4 is 26.1 Å². The first-order valence-corrected chi connectivity index (χ1v) is 8.58. The molecule has 1 rings (SSSR count).